The van der Waals surface area contributed by atoms with Crippen LogP contribution in [0.5, 0.6) is 0 Å². The monoisotopic (exact) mass is 165 g/mol. The predicted octanol–water partition coefficient (Wildman–Crippen LogP) is 2.17. The first-order valence-corrected chi connectivity index (χ1v) is 4.14. The van der Waals surface area contributed by atoms with Crippen molar-refractivity contribution in [2.45, 2.75) is 13.0 Å². The van der Waals surface area contributed by atoms with Crippen LogP contribution in [0.4, 0.5) is 0 Å². The molecule has 0 aliphatic heterocycles. The van der Waals surface area contributed by atoms with E-state index in [1.165, 1.54) is 5.56 Å². The van der Waals surface area contributed by atoms with E-state index >= 15 is 0 Å². The topological polar surface area (TPSA) is 14.2 Å². The maximum atomic E-state index is 4.96. The molecule has 12 heavy (non-hydrogen) atoms. The summed E-state index contributed by atoms with van der Waals surface area (Å²) in [5.41, 5.74) is 1.17. The molecule has 0 radical (unpaired) electrons. The summed E-state index contributed by atoms with van der Waals surface area (Å²) in [4.78, 5) is 0. The molecule has 0 saturated carbocycles. The molecule has 0 aliphatic rings. The first-order chi connectivity index (χ1) is 5.86. The Labute approximate surface area is 73.5 Å². The summed E-state index contributed by atoms with van der Waals surface area (Å²) in [6.45, 7) is 5.54. The summed E-state index contributed by atoms with van der Waals surface area (Å²) in [7, 11) is 1.73. The van der Waals surface area contributed by atoms with Crippen molar-refractivity contribution in [1.82, 2.24) is 4.57 Å². The molecule has 2 heteroatoms. The zero-order valence-corrected chi connectivity index (χ0v) is 7.49. The summed E-state index contributed by atoms with van der Waals surface area (Å²) in [5, 5.41) is 0. The Bertz CT molecular complexity index is 240. The van der Waals surface area contributed by atoms with Gasteiger partial charge in [0, 0.05) is 32.7 Å². The molecule has 0 atom stereocenters. The Morgan fingerprint density at radius 1 is 1.67 bits per heavy atom. The minimum Gasteiger partial charge on any atom is -0.385 e. The lowest BCUT2D eigenvalue weighted by molar-refractivity contribution is 0.190. The van der Waals surface area contributed by atoms with Crippen molar-refractivity contribution in [2.75, 3.05) is 13.7 Å². The van der Waals surface area contributed by atoms with Crippen LogP contribution in [0.1, 0.15) is 12.0 Å². The number of nitrogens with zero attached hydrogens (tertiary/aromatic N) is 1. The minimum absolute atomic E-state index is 0.821. The SMILES string of the molecule is C=Cc1ccn(CCCOC)c1. The van der Waals surface area contributed by atoms with Gasteiger partial charge in [0.15, 0.2) is 0 Å². The Morgan fingerprint density at radius 3 is 3.08 bits per heavy atom. The lowest BCUT2D eigenvalue weighted by Crippen LogP contribution is -1.98. The summed E-state index contributed by atoms with van der Waals surface area (Å²) >= 11 is 0. The van der Waals surface area contributed by atoms with Crippen LogP contribution in [-0.4, -0.2) is 18.3 Å². The van der Waals surface area contributed by atoms with Crippen LogP contribution in [0.15, 0.2) is 25.0 Å². The predicted molar refractivity (Wildman–Crippen MR) is 51.0 cm³/mol. The highest BCUT2D eigenvalue weighted by Gasteiger charge is 1.92. The smallest absolute Gasteiger partial charge is 0.0479 e. The average molecular weight is 165 g/mol. The van der Waals surface area contributed by atoms with Gasteiger partial charge in [0.05, 0.1) is 0 Å². The van der Waals surface area contributed by atoms with Crippen LogP contribution in [0, 0.1) is 0 Å². The third-order valence-corrected chi connectivity index (χ3v) is 1.77. The number of hydrogen-bond acceptors (Lipinski definition) is 1. The fourth-order valence-corrected chi connectivity index (χ4v) is 1.11. The van der Waals surface area contributed by atoms with Gasteiger partial charge in [-0.15, -0.1) is 0 Å². The molecule has 0 N–H and O–H groups in total. The molecule has 0 bridgehead atoms. The molecule has 0 unspecified atom stereocenters. The molecule has 2 nitrogen and oxygen atoms in total. The first-order valence-electron chi connectivity index (χ1n) is 4.14. The van der Waals surface area contributed by atoms with Gasteiger partial charge in [0.2, 0.25) is 0 Å². The summed E-state index contributed by atoms with van der Waals surface area (Å²) in [6.07, 6.45) is 7.06. The highest BCUT2D eigenvalue weighted by atomic mass is 16.5. The average Bonchev–Trinajstić information content (AvgIpc) is 2.53. The number of hydrogen-bond donors (Lipinski definition) is 0. The second kappa shape index (κ2) is 4.78. The molecular formula is C10H15NO. The van der Waals surface area contributed by atoms with Crippen LogP contribution in [0.2, 0.25) is 0 Å². The molecular weight excluding hydrogens is 150 g/mol. The van der Waals surface area contributed by atoms with Gasteiger partial charge in [-0.3, -0.25) is 0 Å². The molecule has 1 aromatic rings. The van der Waals surface area contributed by atoms with Gasteiger partial charge in [-0.05, 0) is 18.1 Å². The van der Waals surface area contributed by atoms with Crippen molar-refractivity contribution >= 4 is 6.08 Å². The van der Waals surface area contributed by atoms with Gasteiger partial charge < -0.3 is 9.30 Å². The number of ether oxygens (including phenoxy) is 1. The third-order valence-electron chi connectivity index (χ3n) is 1.77. The number of rotatable bonds is 5. The van der Waals surface area contributed by atoms with Gasteiger partial charge in [0.1, 0.15) is 0 Å². The molecule has 1 heterocycles. The van der Waals surface area contributed by atoms with E-state index in [1.54, 1.807) is 7.11 Å². The molecule has 0 amide bonds. The number of aryl methyl sites for hydroxylation is 1. The molecule has 0 spiro atoms. The quantitative estimate of drug-likeness (QED) is 0.610. The van der Waals surface area contributed by atoms with Crippen molar-refractivity contribution in [3.05, 3.63) is 30.6 Å². The third kappa shape index (κ3) is 2.55. The lowest BCUT2D eigenvalue weighted by atomic mass is 10.3. The van der Waals surface area contributed by atoms with Gasteiger partial charge in [0.25, 0.3) is 0 Å². The normalized spacial score (nSPS) is 10.1. The Morgan fingerprint density at radius 2 is 2.50 bits per heavy atom. The largest absolute Gasteiger partial charge is 0.385 e. The number of methoxy groups -OCH3 is 1. The second-order valence-corrected chi connectivity index (χ2v) is 2.73. The van der Waals surface area contributed by atoms with Crippen molar-refractivity contribution in [3.63, 3.8) is 0 Å². The highest BCUT2D eigenvalue weighted by molar-refractivity contribution is 5.45. The van der Waals surface area contributed by atoms with E-state index in [1.807, 2.05) is 6.08 Å². The molecule has 0 aromatic carbocycles. The van der Waals surface area contributed by atoms with Crippen LogP contribution in [-0.2, 0) is 11.3 Å². The van der Waals surface area contributed by atoms with Gasteiger partial charge in [-0.1, -0.05) is 12.7 Å². The fourth-order valence-electron chi connectivity index (χ4n) is 1.11. The highest BCUT2D eigenvalue weighted by Crippen LogP contribution is 2.02. The van der Waals surface area contributed by atoms with Crippen LogP contribution in [0.25, 0.3) is 6.08 Å². The second-order valence-electron chi connectivity index (χ2n) is 2.73. The standard InChI is InChI=1S/C10H15NO/c1-3-10-5-7-11(9-10)6-4-8-12-2/h3,5,7,9H,1,4,6,8H2,2H3. The van der Waals surface area contributed by atoms with E-state index in [4.69, 9.17) is 4.74 Å². The van der Waals surface area contributed by atoms with Gasteiger partial charge in [-0.25, -0.2) is 0 Å². The summed E-state index contributed by atoms with van der Waals surface area (Å²) in [5.74, 6) is 0. The van der Waals surface area contributed by atoms with Crippen molar-refractivity contribution in [2.24, 2.45) is 0 Å². The van der Waals surface area contributed by atoms with E-state index in [-0.39, 0.29) is 0 Å². The Hall–Kier alpha value is -1.02. The van der Waals surface area contributed by atoms with Crippen molar-refractivity contribution in [1.29, 1.82) is 0 Å². The van der Waals surface area contributed by atoms with E-state index in [9.17, 15) is 0 Å². The van der Waals surface area contributed by atoms with Gasteiger partial charge in [-0.2, -0.15) is 0 Å². The van der Waals surface area contributed by atoms with Crippen molar-refractivity contribution < 1.29 is 4.74 Å². The van der Waals surface area contributed by atoms with Crippen LogP contribution < -0.4 is 0 Å². The molecule has 0 saturated heterocycles. The first kappa shape index (κ1) is 9.07. The fraction of sp³-hybridized carbons (Fsp3) is 0.400. The Balaban J connectivity index is 2.36. The zero-order chi connectivity index (χ0) is 8.81. The molecule has 1 rings (SSSR count). The lowest BCUT2D eigenvalue weighted by Gasteiger charge is -2.00. The maximum absolute atomic E-state index is 4.96. The summed E-state index contributed by atoms with van der Waals surface area (Å²) < 4.78 is 7.11. The van der Waals surface area contributed by atoms with E-state index in [2.05, 4.69) is 29.6 Å². The van der Waals surface area contributed by atoms with Crippen molar-refractivity contribution in [3.8, 4) is 0 Å². The van der Waals surface area contributed by atoms with Crippen LogP contribution >= 0.6 is 0 Å². The van der Waals surface area contributed by atoms with E-state index in [0.717, 1.165) is 19.6 Å². The zero-order valence-electron chi connectivity index (χ0n) is 7.49. The van der Waals surface area contributed by atoms with Gasteiger partial charge >= 0.3 is 0 Å². The van der Waals surface area contributed by atoms with Crippen LogP contribution in [0.3, 0.4) is 0 Å². The minimum atomic E-state index is 0.821. The molecule has 0 fully saturated rings. The van der Waals surface area contributed by atoms with E-state index in [0.29, 0.717) is 0 Å². The summed E-state index contributed by atoms with van der Waals surface area (Å²) in [6, 6.07) is 2.06. The van der Waals surface area contributed by atoms with E-state index < -0.39 is 0 Å². The Kier molecular flexibility index (Phi) is 3.61. The molecule has 1 aromatic heterocycles. The molecule has 0 aliphatic carbocycles. The number of aromatic nitrogens is 1. The molecule has 66 valence electrons. The maximum Gasteiger partial charge on any atom is 0.0479 e.